The van der Waals surface area contributed by atoms with Crippen LogP contribution in [-0.4, -0.2) is 32.5 Å². The smallest absolute Gasteiger partial charge is 0.269 e. The average Bonchev–Trinajstić information content (AvgIpc) is 2.88. The number of benzene rings is 1. The highest BCUT2D eigenvalue weighted by atomic mass is 16.5. The minimum atomic E-state index is -0.0951. The van der Waals surface area contributed by atoms with Gasteiger partial charge in [0.1, 0.15) is 11.7 Å². The van der Waals surface area contributed by atoms with Gasteiger partial charge in [-0.3, -0.25) is 14.0 Å². The van der Waals surface area contributed by atoms with Gasteiger partial charge in [0.25, 0.3) is 5.56 Å². The zero-order valence-corrected chi connectivity index (χ0v) is 11.3. The maximum atomic E-state index is 12.6. The lowest BCUT2D eigenvalue weighted by Crippen LogP contribution is -2.31. The van der Waals surface area contributed by atoms with E-state index in [0.29, 0.717) is 17.0 Å². The van der Waals surface area contributed by atoms with Gasteiger partial charge in [-0.2, -0.15) is 5.10 Å². The Morgan fingerprint density at radius 1 is 1.24 bits per heavy atom. The van der Waals surface area contributed by atoms with Crippen LogP contribution in [0, 0.1) is 5.92 Å². The summed E-state index contributed by atoms with van der Waals surface area (Å²) in [5.41, 5.74) is 1.20. The summed E-state index contributed by atoms with van der Waals surface area (Å²) in [5, 5.41) is 4.91. The molecule has 0 radical (unpaired) electrons. The predicted octanol–water partition coefficient (Wildman–Crippen LogP) is 1.23. The number of para-hydroxylation sites is 1. The third-order valence-corrected chi connectivity index (χ3v) is 3.67. The van der Waals surface area contributed by atoms with Gasteiger partial charge in [0, 0.05) is 18.7 Å². The Labute approximate surface area is 120 Å². The van der Waals surface area contributed by atoms with Gasteiger partial charge >= 0.3 is 0 Å². The third-order valence-electron chi connectivity index (χ3n) is 3.67. The molecular weight excluding hydrogens is 268 g/mol. The molecule has 1 fully saturated rings. The fourth-order valence-corrected chi connectivity index (χ4v) is 2.47. The number of nitrogens with zero attached hydrogens (tertiary/aromatic N) is 4. The summed E-state index contributed by atoms with van der Waals surface area (Å²) in [4.78, 5) is 16.8. The molecule has 0 atom stereocenters. The maximum absolute atomic E-state index is 12.6. The summed E-state index contributed by atoms with van der Waals surface area (Å²) in [7, 11) is 0. The molecule has 1 aromatic carbocycles. The largest absolute Gasteiger partial charge is 0.381 e. The molecule has 0 spiro atoms. The summed E-state index contributed by atoms with van der Waals surface area (Å²) in [6.07, 6.45) is 3.31. The molecule has 0 amide bonds. The van der Waals surface area contributed by atoms with Crippen molar-refractivity contribution in [3.05, 3.63) is 53.2 Å². The molecule has 0 saturated carbocycles. The molecule has 0 bridgehead atoms. The fourth-order valence-electron chi connectivity index (χ4n) is 2.47. The quantitative estimate of drug-likeness (QED) is 0.725. The third kappa shape index (κ3) is 2.13. The summed E-state index contributed by atoms with van der Waals surface area (Å²) in [6.45, 7) is 2.29. The van der Waals surface area contributed by atoms with Crippen molar-refractivity contribution in [2.24, 2.45) is 5.92 Å². The number of hydrogen-bond acceptors (Lipinski definition) is 4. The molecular formula is C15H14N4O2. The van der Waals surface area contributed by atoms with Crippen molar-refractivity contribution in [3.8, 4) is 5.69 Å². The average molecular weight is 282 g/mol. The van der Waals surface area contributed by atoms with E-state index in [1.54, 1.807) is 15.4 Å². The lowest BCUT2D eigenvalue weighted by Gasteiger charge is -2.25. The predicted molar refractivity (Wildman–Crippen MR) is 77.4 cm³/mol. The molecule has 6 nitrogen and oxygen atoms in total. The first-order chi connectivity index (χ1) is 10.3. The van der Waals surface area contributed by atoms with Crippen molar-refractivity contribution < 1.29 is 4.74 Å². The van der Waals surface area contributed by atoms with E-state index < -0.39 is 0 Å². The van der Waals surface area contributed by atoms with E-state index in [9.17, 15) is 4.79 Å². The first kappa shape index (κ1) is 12.3. The first-order valence-electron chi connectivity index (χ1n) is 6.89. The van der Waals surface area contributed by atoms with Gasteiger partial charge in [0.2, 0.25) is 0 Å². The highest BCUT2D eigenvalue weighted by Gasteiger charge is 2.20. The van der Waals surface area contributed by atoms with Gasteiger partial charge in [-0.05, 0) is 12.1 Å². The van der Waals surface area contributed by atoms with E-state index in [-0.39, 0.29) is 5.56 Å². The van der Waals surface area contributed by atoms with Crippen molar-refractivity contribution in [3.63, 3.8) is 0 Å². The molecule has 21 heavy (non-hydrogen) atoms. The molecule has 4 rings (SSSR count). The second-order valence-electron chi connectivity index (χ2n) is 5.25. The Hall–Kier alpha value is -2.47. The van der Waals surface area contributed by atoms with E-state index in [2.05, 4.69) is 10.1 Å². The zero-order chi connectivity index (χ0) is 14.2. The van der Waals surface area contributed by atoms with Crippen LogP contribution < -0.4 is 5.56 Å². The molecule has 3 heterocycles. The number of rotatable bonds is 3. The van der Waals surface area contributed by atoms with Crippen LogP contribution in [0.1, 0.15) is 0 Å². The molecule has 6 heteroatoms. The topological polar surface area (TPSA) is 61.9 Å². The Bertz CT molecular complexity index is 834. The Balaban J connectivity index is 1.77. The highest BCUT2D eigenvalue weighted by molar-refractivity contribution is 5.72. The van der Waals surface area contributed by atoms with Gasteiger partial charge < -0.3 is 4.74 Å². The van der Waals surface area contributed by atoms with Crippen LogP contribution in [0.15, 0.2) is 47.7 Å². The Morgan fingerprint density at radius 3 is 2.76 bits per heavy atom. The molecule has 0 N–H and O–H groups in total. The van der Waals surface area contributed by atoms with Crippen LogP contribution in [0.2, 0.25) is 0 Å². The monoisotopic (exact) mass is 282 g/mol. The molecule has 3 aromatic rings. The van der Waals surface area contributed by atoms with Gasteiger partial charge in [-0.1, -0.05) is 18.2 Å². The van der Waals surface area contributed by atoms with Crippen molar-refractivity contribution in [2.75, 3.05) is 13.2 Å². The van der Waals surface area contributed by atoms with Crippen molar-refractivity contribution in [2.45, 2.75) is 6.54 Å². The molecule has 1 aliphatic heterocycles. The lowest BCUT2D eigenvalue weighted by molar-refractivity contribution is -0.0407. The zero-order valence-electron chi connectivity index (χ0n) is 11.3. The van der Waals surface area contributed by atoms with Crippen molar-refractivity contribution in [1.29, 1.82) is 0 Å². The second-order valence-corrected chi connectivity index (χ2v) is 5.25. The minimum absolute atomic E-state index is 0.0951. The molecule has 1 saturated heterocycles. The van der Waals surface area contributed by atoms with Gasteiger partial charge in [0.15, 0.2) is 5.65 Å². The number of ether oxygens (including phenoxy) is 1. The van der Waals surface area contributed by atoms with Gasteiger partial charge in [-0.25, -0.2) is 4.98 Å². The SMILES string of the molecule is O=c1c2cn(CC3COC3)nc2ncn1-c1ccccc1. The van der Waals surface area contributed by atoms with Crippen LogP contribution in [0.3, 0.4) is 0 Å². The van der Waals surface area contributed by atoms with E-state index in [1.165, 1.54) is 6.33 Å². The first-order valence-corrected chi connectivity index (χ1v) is 6.89. The lowest BCUT2D eigenvalue weighted by atomic mass is 10.1. The summed E-state index contributed by atoms with van der Waals surface area (Å²) in [6, 6.07) is 9.47. The molecule has 2 aromatic heterocycles. The van der Waals surface area contributed by atoms with Crippen LogP contribution in [-0.2, 0) is 11.3 Å². The van der Waals surface area contributed by atoms with E-state index in [0.717, 1.165) is 25.4 Å². The molecule has 106 valence electrons. The number of fused-ring (bicyclic) bond motifs is 1. The number of aromatic nitrogens is 4. The summed E-state index contributed by atoms with van der Waals surface area (Å²) < 4.78 is 8.49. The van der Waals surface area contributed by atoms with Gasteiger partial charge in [-0.15, -0.1) is 0 Å². The highest BCUT2D eigenvalue weighted by Crippen LogP contribution is 2.14. The van der Waals surface area contributed by atoms with E-state index in [1.807, 2.05) is 30.3 Å². The minimum Gasteiger partial charge on any atom is -0.381 e. The molecule has 0 unspecified atom stereocenters. The standard InChI is InChI=1S/C15H14N4O2/c20-15-13-7-18(6-11-8-21-9-11)17-14(13)16-10-19(15)12-4-2-1-3-5-12/h1-5,7,10-11H,6,8-9H2. The number of hydrogen-bond donors (Lipinski definition) is 0. The van der Waals surface area contributed by atoms with Crippen LogP contribution >= 0.6 is 0 Å². The normalized spacial score (nSPS) is 15.2. The van der Waals surface area contributed by atoms with Crippen LogP contribution in [0.4, 0.5) is 0 Å². The van der Waals surface area contributed by atoms with Crippen molar-refractivity contribution >= 4 is 11.0 Å². The molecule has 0 aliphatic carbocycles. The second kappa shape index (κ2) is 4.82. The van der Waals surface area contributed by atoms with Crippen LogP contribution in [0.25, 0.3) is 16.7 Å². The Kier molecular flexibility index (Phi) is 2.82. The van der Waals surface area contributed by atoms with Gasteiger partial charge in [0.05, 0.1) is 18.9 Å². The summed E-state index contributed by atoms with van der Waals surface area (Å²) in [5.74, 6) is 0.482. The van der Waals surface area contributed by atoms with E-state index in [4.69, 9.17) is 4.74 Å². The fraction of sp³-hybridized carbons (Fsp3) is 0.267. The van der Waals surface area contributed by atoms with Crippen LogP contribution in [0.5, 0.6) is 0 Å². The Morgan fingerprint density at radius 2 is 2.05 bits per heavy atom. The van der Waals surface area contributed by atoms with E-state index >= 15 is 0 Å². The van der Waals surface area contributed by atoms with Crippen molar-refractivity contribution in [1.82, 2.24) is 19.3 Å². The maximum Gasteiger partial charge on any atom is 0.269 e. The molecule has 1 aliphatic rings. The summed E-state index contributed by atoms with van der Waals surface area (Å²) >= 11 is 0.